The molecule has 0 aliphatic rings. The summed E-state index contributed by atoms with van der Waals surface area (Å²) in [4.78, 5) is 8.01. The van der Waals surface area contributed by atoms with Gasteiger partial charge in [-0.1, -0.05) is 6.08 Å². The predicted octanol–water partition coefficient (Wildman–Crippen LogP) is 1.98. The zero-order valence-corrected chi connectivity index (χ0v) is 10.3. The number of aliphatic imine (C=N–C) groups is 1. The number of aromatic nitrogens is 1. The number of nitrogens with one attached hydrogen (secondary N) is 2. The monoisotopic (exact) mass is 230 g/mol. The molecule has 1 aromatic heterocycles. The van der Waals surface area contributed by atoms with Gasteiger partial charge in [0.1, 0.15) is 0 Å². The van der Waals surface area contributed by atoms with Gasteiger partial charge in [-0.25, -0.2) is 0 Å². The fourth-order valence-corrected chi connectivity index (χ4v) is 1.29. The lowest BCUT2D eigenvalue weighted by atomic mass is 10.2. The number of allylic oxidation sites excluding steroid dienone is 2. The lowest BCUT2D eigenvalue weighted by molar-refractivity contribution is 0.999. The zero-order valence-electron chi connectivity index (χ0n) is 10.3. The van der Waals surface area contributed by atoms with Gasteiger partial charge in [0.2, 0.25) is 0 Å². The Morgan fingerprint density at radius 1 is 1.47 bits per heavy atom. The Bertz CT molecular complexity index is 404. The Hall–Kier alpha value is -2.10. The molecule has 0 atom stereocenters. The highest BCUT2D eigenvalue weighted by Crippen LogP contribution is 2.06. The zero-order chi connectivity index (χ0) is 12.5. The minimum absolute atomic E-state index is 0.779. The normalized spacial score (nSPS) is 11.5. The first-order valence-electron chi connectivity index (χ1n) is 5.43. The van der Waals surface area contributed by atoms with Crippen LogP contribution in [-0.4, -0.2) is 25.8 Å². The Labute approximate surface area is 102 Å². The average molecular weight is 230 g/mol. The maximum atomic E-state index is 4.34. The number of nitrogens with zero attached hydrogens (tertiary/aromatic N) is 2. The van der Waals surface area contributed by atoms with Crippen molar-refractivity contribution in [3.8, 4) is 0 Å². The van der Waals surface area contributed by atoms with Crippen molar-refractivity contribution in [3.05, 3.63) is 48.1 Å². The molecule has 0 aromatic carbocycles. The molecule has 0 radical (unpaired) electrons. The second-order valence-electron chi connectivity index (χ2n) is 3.40. The van der Waals surface area contributed by atoms with E-state index in [4.69, 9.17) is 0 Å². The summed E-state index contributed by atoms with van der Waals surface area (Å²) in [6, 6.07) is 4.02. The molecule has 0 saturated carbocycles. The standard InChI is InChI=1S/C13H18N4/c1-14-9-8-11(15-2)4-5-12-6-7-13(16-3)10-17-12/h4,6-10,15-16H,1,5H2,2-3H3/b9-8-,11-4+. The highest BCUT2D eigenvalue weighted by Gasteiger charge is 1.94. The smallest absolute Gasteiger partial charge is 0.0524 e. The van der Waals surface area contributed by atoms with Crippen LogP contribution in [0.15, 0.2) is 47.4 Å². The van der Waals surface area contributed by atoms with Gasteiger partial charge in [-0.3, -0.25) is 9.98 Å². The maximum Gasteiger partial charge on any atom is 0.0524 e. The van der Waals surface area contributed by atoms with Gasteiger partial charge >= 0.3 is 0 Å². The van der Waals surface area contributed by atoms with Gasteiger partial charge in [0.05, 0.1) is 11.9 Å². The van der Waals surface area contributed by atoms with E-state index in [9.17, 15) is 0 Å². The third-order valence-electron chi connectivity index (χ3n) is 2.29. The number of anilines is 1. The molecule has 0 fully saturated rings. The van der Waals surface area contributed by atoms with E-state index in [0.717, 1.165) is 23.5 Å². The molecular weight excluding hydrogens is 212 g/mol. The Morgan fingerprint density at radius 3 is 2.82 bits per heavy atom. The van der Waals surface area contributed by atoms with E-state index in [1.807, 2.05) is 38.5 Å². The molecule has 1 aromatic rings. The molecule has 0 unspecified atom stereocenters. The van der Waals surface area contributed by atoms with E-state index in [-0.39, 0.29) is 0 Å². The van der Waals surface area contributed by atoms with Crippen LogP contribution in [0.5, 0.6) is 0 Å². The second kappa shape index (κ2) is 7.22. The van der Waals surface area contributed by atoms with E-state index in [1.54, 1.807) is 6.20 Å². The number of hydrogen-bond donors (Lipinski definition) is 2. The second-order valence-corrected chi connectivity index (χ2v) is 3.40. The molecule has 1 heterocycles. The number of pyridine rings is 1. The molecule has 0 aliphatic heterocycles. The van der Waals surface area contributed by atoms with Crippen LogP contribution in [0.25, 0.3) is 0 Å². The van der Waals surface area contributed by atoms with Crippen LogP contribution in [0, 0.1) is 0 Å². The summed E-state index contributed by atoms with van der Waals surface area (Å²) in [6.07, 6.45) is 8.18. The van der Waals surface area contributed by atoms with Crippen LogP contribution in [0.3, 0.4) is 0 Å². The van der Waals surface area contributed by atoms with Gasteiger partial charge in [0, 0.05) is 38.1 Å². The van der Waals surface area contributed by atoms with E-state index in [1.165, 1.54) is 0 Å². The lowest BCUT2D eigenvalue weighted by Gasteiger charge is -2.02. The summed E-state index contributed by atoms with van der Waals surface area (Å²) in [5.74, 6) is 0. The molecule has 90 valence electrons. The van der Waals surface area contributed by atoms with Crippen LogP contribution in [0.2, 0.25) is 0 Å². The average Bonchev–Trinajstić information content (AvgIpc) is 2.39. The summed E-state index contributed by atoms with van der Waals surface area (Å²) in [6.45, 7) is 3.39. The summed E-state index contributed by atoms with van der Waals surface area (Å²) in [5.41, 5.74) is 3.04. The SMILES string of the molecule is C=N/C=C\C(=C/Cc1ccc(NC)cn1)NC. The van der Waals surface area contributed by atoms with Crippen molar-refractivity contribution >= 4 is 12.4 Å². The van der Waals surface area contributed by atoms with E-state index >= 15 is 0 Å². The van der Waals surface area contributed by atoms with Gasteiger partial charge in [0.15, 0.2) is 0 Å². The van der Waals surface area contributed by atoms with Crippen molar-refractivity contribution in [1.29, 1.82) is 0 Å². The molecule has 2 N–H and O–H groups in total. The molecule has 17 heavy (non-hydrogen) atoms. The van der Waals surface area contributed by atoms with Crippen LogP contribution in [0.4, 0.5) is 5.69 Å². The fraction of sp³-hybridized carbons (Fsp3) is 0.231. The first-order valence-corrected chi connectivity index (χ1v) is 5.43. The quantitative estimate of drug-likeness (QED) is 0.580. The molecule has 0 amide bonds. The molecule has 4 heteroatoms. The van der Waals surface area contributed by atoms with Crippen molar-refractivity contribution in [2.24, 2.45) is 4.99 Å². The molecule has 0 saturated heterocycles. The van der Waals surface area contributed by atoms with Gasteiger partial charge in [0.25, 0.3) is 0 Å². The minimum Gasteiger partial charge on any atom is -0.388 e. The van der Waals surface area contributed by atoms with E-state index in [0.29, 0.717) is 0 Å². The maximum absolute atomic E-state index is 4.34. The van der Waals surface area contributed by atoms with Crippen molar-refractivity contribution in [2.75, 3.05) is 19.4 Å². The van der Waals surface area contributed by atoms with Gasteiger partial charge in [-0.15, -0.1) is 0 Å². The molecular formula is C13H18N4. The van der Waals surface area contributed by atoms with Crippen molar-refractivity contribution in [3.63, 3.8) is 0 Å². The molecule has 0 bridgehead atoms. The Morgan fingerprint density at radius 2 is 2.29 bits per heavy atom. The predicted molar refractivity (Wildman–Crippen MR) is 73.3 cm³/mol. The third-order valence-corrected chi connectivity index (χ3v) is 2.29. The highest BCUT2D eigenvalue weighted by atomic mass is 14.8. The molecule has 1 rings (SSSR count). The largest absolute Gasteiger partial charge is 0.388 e. The summed E-state index contributed by atoms with van der Waals surface area (Å²) >= 11 is 0. The lowest BCUT2D eigenvalue weighted by Crippen LogP contribution is -2.03. The van der Waals surface area contributed by atoms with Crippen molar-refractivity contribution < 1.29 is 0 Å². The summed E-state index contributed by atoms with van der Waals surface area (Å²) < 4.78 is 0. The first kappa shape index (κ1) is 13.0. The van der Waals surface area contributed by atoms with Crippen LogP contribution in [0.1, 0.15) is 5.69 Å². The van der Waals surface area contributed by atoms with Crippen LogP contribution in [-0.2, 0) is 6.42 Å². The van der Waals surface area contributed by atoms with E-state index < -0.39 is 0 Å². The van der Waals surface area contributed by atoms with Gasteiger partial charge in [-0.2, -0.15) is 0 Å². The van der Waals surface area contributed by atoms with Crippen LogP contribution >= 0.6 is 0 Å². The molecule has 0 aliphatic carbocycles. The summed E-state index contributed by atoms with van der Waals surface area (Å²) in [7, 11) is 3.75. The molecule has 4 nitrogen and oxygen atoms in total. The highest BCUT2D eigenvalue weighted by molar-refractivity contribution is 5.40. The number of likely N-dealkylation sites (N-methyl/N-ethyl adjacent to an activating group) is 1. The van der Waals surface area contributed by atoms with Gasteiger partial charge in [-0.05, 0) is 24.9 Å². The van der Waals surface area contributed by atoms with Crippen molar-refractivity contribution in [1.82, 2.24) is 10.3 Å². The van der Waals surface area contributed by atoms with E-state index in [2.05, 4.69) is 33.4 Å². The topological polar surface area (TPSA) is 49.3 Å². The van der Waals surface area contributed by atoms with Crippen molar-refractivity contribution in [2.45, 2.75) is 6.42 Å². The summed E-state index contributed by atoms with van der Waals surface area (Å²) in [5, 5.41) is 6.11. The number of hydrogen-bond acceptors (Lipinski definition) is 4. The molecule has 0 spiro atoms. The Kier molecular flexibility index (Phi) is 5.51. The van der Waals surface area contributed by atoms with Gasteiger partial charge < -0.3 is 10.6 Å². The fourth-order valence-electron chi connectivity index (χ4n) is 1.29. The van der Waals surface area contributed by atoms with Crippen LogP contribution < -0.4 is 10.6 Å². The first-order chi connectivity index (χ1) is 8.30. The third kappa shape index (κ3) is 4.51. The minimum atomic E-state index is 0.779. The Balaban J connectivity index is 2.66. The number of rotatable bonds is 6.